The standard InChI is InChI=1S/C23H21N3O5S/c1-28-18-11-16(12-19(29-2)21(18)30-3)22-25-26-23(32-22)24-20(27)13-31-17-9-8-14-6-4-5-7-15(14)10-17/h4-12H,13H2,1-3H3,(H,24,26,27). The van der Waals surface area contributed by atoms with E-state index in [0.29, 0.717) is 33.1 Å². The van der Waals surface area contributed by atoms with Crippen LogP contribution in [0.2, 0.25) is 0 Å². The minimum absolute atomic E-state index is 0.141. The van der Waals surface area contributed by atoms with Gasteiger partial charge in [0.15, 0.2) is 18.1 Å². The second-order valence-electron chi connectivity index (χ2n) is 6.67. The van der Waals surface area contributed by atoms with E-state index in [1.165, 1.54) is 11.3 Å². The van der Waals surface area contributed by atoms with E-state index >= 15 is 0 Å². The lowest BCUT2D eigenvalue weighted by Crippen LogP contribution is -2.20. The molecule has 9 heteroatoms. The number of hydrogen-bond donors (Lipinski definition) is 1. The quantitative estimate of drug-likeness (QED) is 0.424. The van der Waals surface area contributed by atoms with Crippen LogP contribution >= 0.6 is 11.3 Å². The number of nitrogens with zero attached hydrogens (tertiary/aromatic N) is 2. The Kier molecular flexibility index (Phi) is 6.37. The third kappa shape index (κ3) is 4.57. The molecule has 8 nitrogen and oxygen atoms in total. The zero-order valence-corrected chi connectivity index (χ0v) is 18.6. The molecule has 0 aliphatic heterocycles. The highest BCUT2D eigenvalue weighted by Crippen LogP contribution is 2.42. The number of carbonyl (C=O) groups is 1. The number of nitrogens with one attached hydrogen (secondary N) is 1. The summed E-state index contributed by atoms with van der Waals surface area (Å²) in [6.07, 6.45) is 0. The average molecular weight is 452 g/mol. The number of anilines is 1. The van der Waals surface area contributed by atoms with Crippen molar-refractivity contribution < 1.29 is 23.7 Å². The zero-order valence-electron chi connectivity index (χ0n) is 17.7. The second-order valence-corrected chi connectivity index (χ2v) is 7.65. The molecular formula is C23H21N3O5S. The highest BCUT2D eigenvalue weighted by Gasteiger charge is 2.17. The molecule has 0 aliphatic carbocycles. The largest absolute Gasteiger partial charge is 0.493 e. The molecule has 4 rings (SSSR count). The third-order valence-corrected chi connectivity index (χ3v) is 5.56. The Morgan fingerprint density at radius 1 is 0.906 bits per heavy atom. The Bertz CT molecular complexity index is 1230. The van der Waals surface area contributed by atoms with Crippen molar-refractivity contribution in [1.29, 1.82) is 0 Å². The van der Waals surface area contributed by atoms with Gasteiger partial charge in [-0.2, -0.15) is 0 Å². The van der Waals surface area contributed by atoms with Crippen LogP contribution in [0, 0.1) is 0 Å². The number of methoxy groups -OCH3 is 3. The van der Waals surface area contributed by atoms with Crippen LogP contribution in [-0.2, 0) is 4.79 Å². The van der Waals surface area contributed by atoms with E-state index in [1.54, 1.807) is 33.5 Å². The van der Waals surface area contributed by atoms with Crippen molar-refractivity contribution in [2.45, 2.75) is 0 Å². The summed E-state index contributed by atoms with van der Waals surface area (Å²) in [6.45, 7) is -0.141. The van der Waals surface area contributed by atoms with Gasteiger partial charge in [-0.25, -0.2) is 0 Å². The van der Waals surface area contributed by atoms with Gasteiger partial charge in [0.05, 0.1) is 21.3 Å². The number of amides is 1. The predicted octanol–water partition coefficient (Wildman–Crippen LogP) is 4.40. The molecule has 0 saturated carbocycles. The Morgan fingerprint density at radius 2 is 1.62 bits per heavy atom. The highest BCUT2D eigenvalue weighted by molar-refractivity contribution is 7.18. The van der Waals surface area contributed by atoms with Gasteiger partial charge in [-0.3, -0.25) is 10.1 Å². The molecule has 1 N–H and O–H groups in total. The molecule has 3 aromatic carbocycles. The number of ether oxygens (including phenoxy) is 4. The maximum atomic E-state index is 12.3. The first-order valence-electron chi connectivity index (χ1n) is 9.66. The number of rotatable bonds is 8. The van der Waals surface area contributed by atoms with Crippen LogP contribution < -0.4 is 24.3 Å². The fourth-order valence-electron chi connectivity index (χ4n) is 3.16. The van der Waals surface area contributed by atoms with E-state index in [4.69, 9.17) is 18.9 Å². The predicted molar refractivity (Wildman–Crippen MR) is 123 cm³/mol. The van der Waals surface area contributed by atoms with Gasteiger partial charge in [0.1, 0.15) is 10.8 Å². The molecule has 0 saturated heterocycles. The van der Waals surface area contributed by atoms with Crippen LogP contribution in [0.4, 0.5) is 5.13 Å². The SMILES string of the molecule is COc1cc(-c2nnc(NC(=O)COc3ccc4ccccc4c3)s2)cc(OC)c1OC. The van der Waals surface area contributed by atoms with E-state index in [-0.39, 0.29) is 12.5 Å². The lowest BCUT2D eigenvalue weighted by Gasteiger charge is -2.13. The summed E-state index contributed by atoms with van der Waals surface area (Å²) in [5, 5.41) is 14.0. The van der Waals surface area contributed by atoms with Crippen LogP contribution in [0.15, 0.2) is 54.6 Å². The van der Waals surface area contributed by atoms with E-state index < -0.39 is 0 Å². The summed E-state index contributed by atoms with van der Waals surface area (Å²) in [4.78, 5) is 12.3. The van der Waals surface area contributed by atoms with Crippen molar-refractivity contribution in [2.75, 3.05) is 33.3 Å². The van der Waals surface area contributed by atoms with Gasteiger partial charge >= 0.3 is 0 Å². The van der Waals surface area contributed by atoms with Crippen molar-refractivity contribution in [2.24, 2.45) is 0 Å². The normalized spacial score (nSPS) is 10.6. The molecule has 164 valence electrons. The average Bonchev–Trinajstić information content (AvgIpc) is 3.29. The Hall–Kier alpha value is -3.85. The smallest absolute Gasteiger partial charge is 0.264 e. The number of hydrogen-bond acceptors (Lipinski definition) is 8. The fraction of sp³-hybridized carbons (Fsp3) is 0.174. The molecule has 0 aliphatic rings. The van der Waals surface area contributed by atoms with E-state index in [2.05, 4.69) is 15.5 Å². The van der Waals surface area contributed by atoms with Gasteiger partial charge in [0.25, 0.3) is 5.91 Å². The van der Waals surface area contributed by atoms with E-state index in [9.17, 15) is 4.79 Å². The molecule has 0 atom stereocenters. The number of fused-ring (bicyclic) bond motifs is 1. The molecule has 0 spiro atoms. The summed E-state index contributed by atoms with van der Waals surface area (Å²) in [5.74, 6) is 1.79. The fourth-order valence-corrected chi connectivity index (χ4v) is 3.90. The molecule has 4 aromatic rings. The third-order valence-electron chi connectivity index (χ3n) is 4.67. The topological polar surface area (TPSA) is 91.8 Å². The molecule has 1 heterocycles. The molecule has 0 fully saturated rings. The first-order chi connectivity index (χ1) is 15.6. The van der Waals surface area contributed by atoms with Crippen LogP contribution in [-0.4, -0.2) is 44.0 Å². The van der Waals surface area contributed by atoms with Crippen molar-refractivity contribution >= 4 is 33.1 Å². The highest BCUT2D eigenvalue weighted by atomic mass is 32.1. The van der Waals surface area contributed by atoms with Gasteiger partial charge in [0, 0.05) is 5.56 Å². The molecule has 32 heavy (non-hydrogen) atoms. The number of benzene rings is 3. The number of aromatic nitrogens is 2. The van der Waals surface area contributed by atoms with Gasteiger partial charge in [-0.1, -0.05) is 41.7 Å². The molecule has 0 unspecified atom stereocenters. The van der Waals surface area contributed by atoms with Crippen molar-refractivity contribution in [3.8, 4) is 33.6 Å². The maximum Gasteiger partial charge on any atom is 0.264 e. The van der Waals surface area contributed by atoms with Crippen LogP contribution in [0.25, 0.3) is 21.3 Å². The monoisotopic (exact) mass is 451 g/mol. The summed E-state index contributed by atoms with van der Waals surface area (Å²) in [7, 11) is 4.63. The van der Waals surface area contributed by atoms with Gasteiger partial charge in [-0.05, 0) is 35.0 Å². The Labute approximate surface area is 188 Å². The maximum absolute atomic E-state index is 12.3. The lowest BCUT2D eigenvalue weighted by molar-refractivity contribution is -0.118. The molecular weight excluding hydrogens is 430 g/mol. The summed E-state index contributed by atoms with van der Waals surface area (Å²) in [5.41, 5.74) is 0.727. The van der Waals surface area contributed by atoms with E-state index in [1.807, 2.05) is 42.5 Å². The Morgan fingerprint density at radius 3 is 2.31 bits per heavy atom. The zero-order chi connectivity index (χ0) is 22.5. The van der Waals surface area contributed by atoms with Crippen molar-refractivity contribution in [3.63, 3.8) is 0 Å². The first kappa shape index (κ1) is 21.4. The van der Waals surface area contributed by atoms with Crippen molar-refractivity contribution in [1.82, 2.24) is 10.2 Å². The second kappa shape index (κ2) is 9.52. The van der Waals surface area contributed by atoms with Crippen LogP contribution in [0.3, 0.4) is 0 Å². The lowest BCUT2D eigenvalue weighted by atomic mass is 10.1. The minimum atomic E-state index is -0.328. The number of carbonyl (C=O) groups excluding carboxylic acids is 1. The summed E-state index contributed by atoms with van der Waals surface area (Å²) in [6, 6.07) is 17.2. The summed E-state index contributed by atoms with van der Waals surface area (Å²) < 4.78 is 21.7. The van der Waals surface area contributed by atoms with Crippen LogP contribution in [0.5, 0.6) is 23.0 Å². The molecule has 0 radical (unpaired) electrons. The summed E-state index contributed by atoms with van der Waals surface area (Å²) >= 11 is 1.23. The molecule has 1 amide bonds. The van der Waals surface area contributed by atoms with Gasteiger partial charge < -0.3 is 18.9 Å². The van der Waals surface area contributed by atoms with Crippen LogP contribution in [0.1, 0.15) is 0 Å². The molecule has 1 aromatic heterocycles. The van der Waals surface area contributed by atoms with Gasteiger partial charge in [0.2, 0.25) is 10.9 Å². The van der Waals surface area contributed by atoms with E-state index in [0.717, 1.165) is 16.3 Å². The van der Waals surface area contributed by atoms with Crippen molar-refractivity contribution in [3.05, 3.63) is 54.6 Å². The minimum Gasteiger partial charge on any atom is -0.493 e. The molecule has 0 bridgehead atoms. The Balaban J connectivity index is 1.43. The first-order valence-corrected chi connectivity index (χ1v) is 10.5. The van der Waals surface area contributed by atoms with Gasteiger partial charge in [-0.15, -0.1) is 10.2 Å².